The molecular weight excluding hydrogens is 459 g/mol. The van der Waals surface area contributed by atoms with Crippen molar-refractivity contribution in [2.75, 3.05) is 17.7 Å². The third kappa shape index (κ3) is 5.00. The molecule has 1 aliphatic carbocycles. The zero-order valence-electron chi connectivity index (χ0n) is 18.2. The minimum absolute atomic E-state index is 0.0694. The van der Waals surface area contributed by atoms with Crippen molar-refractivity contribution >= 4 is 46.4 Å². The molecule has 0 bridgehead atoms. The lowest BCUT2D eigenvalue weighted by Crippen LogP contribution is -2.38. The highest BCUT2D eigenvalue weighted by molar-refractivity contribution is 6.31. The van der Waals surface area contributed by atoms with Crippen molar-refractivity contribution in [3.8, 4) is 5.75 Å². The van der Waals surface area contributed by atoms with Gasteiger partial charge in [-0.1, -0.05) is 54.2 Å². The Morgan fingerprint density at radius 3 is 2.24 bits per heavy atom. The van der Waals surface area contributed by atoms with Gasteiger partial charge in [-0.3, -0.25) is 9.59 Å². The summed E-state index contributed by atoms with van der Waals surface area (Å²) in [7, 11) is 1.51. The molecule has 2 N–H and O–H groups in total. The number of ether oxygens (including phenoxy) is 1. The van der Waals surface area contributed by atoms with Crippen LogP contribution < -0.4 is 15.4 Å². The summed E-state index contributed by atoms with van der Waals surface area (Å²) in [6.07, 6.45) is 3.50. The van der Waals surface area contributed by atoms with Crippen LogP contribution in [0.2, 0.25) is 10.0 Å². The van der Waals surface area contributed by atoms with E-state index in [1.807, 2.05) is 24.3 Å². The van der Waals surface area contributed by atoms with Crippen LogP contribution in [0.25, 0.3) is 0 Å². The summed E-state index contributed by atoms with van der Waals surface area (Å²) in [5.41, 5.74) is 1.84. The van der Waals surface area contributed by atoms with Crippen molar-refractivity contribution in [2.24, 2.45) is 0 Å². The van der Waals surface area contributed by atoms with Gasteiger partial charge in [0.15, 0.2) is 0 Å². The van der Waals surface area contributed by atoms with Gasteiger partial charge in [0, 0.05) is 27.4 Å². The van der Waals surface area contributed by atoms with Crippen LogP contribution in [-0.4, -0.2) is 18.9 Å². The Hall–Kier alpha value is -3.02. The minimum Gasteiger partial charge on any atom is -0.494 e. The van der Waals surface area contributed by atoms with Crippen LogP contribution in [0.1, 0.15) is 41.6 Å². The summed E-state index contributed by atoms with van der Waals surface area (Å²) in [5, 5.41) is 6.97. The Balaban J connectivity index is 1.55. The highest BCUT2D eigenvalue weighted by Gasteiger charge is 2.42. The molecule has 3 aromatic carbocycles. The van der Waals surface area contributed by atoms with E-state index in [9.17, 15) is 9.59 Å². The molecule has 33 heavy (non-hydrogen) atoms. The fraction of sp³-hybridized carbons (Fsp3) is 0.231. The number of halogens is 2. The Bertz CT molecular complexity index is 1190. The first kappa shape index (κ1) is 23.1. The summed E-state index contributed by atoms with van der Waals surface area (Å²) in [4.78, 5) is 26.0. The molecule has 0 unspecified atom stereocenters. The summed E-state index contributed by atoms with van der Waals surface area (Å²) in [6, 6.07) is 19.4. The number of anilines is 2. The second-order valence-electron chi connectivity index (χ2n) is 8.13. The average molecular weight is 483 g/mol. The normalized spacial score (nSPS) is 14.5. The molecule has 4 rings (SSSR count). The topological polar surface area (TPSA) is 67.4 Å². The van der Waals surface area contributed by atoms with E-state index in [0.29, 0.717) is 32.7 Å². The summed E-state index contributed by atoms with van der Waals surface area (Å²) in [6.45, 7) is 0. The molecule has 1 aliphatic rings. The van der Waals surface area contributed by atoms with E-state index in [2.05, 4.69) is 10.6 Å². The van der Waals surface area contributed by atoms with E-state index in [1.165, 1.54) is 7.11 Å². The molecule has 0 atom stereocenters. The van der Waals surface area contributed by atoms with Crippen LogP contribution in [0.4, 0.5) is 11.4 Å². The number of carbonyl (C=O) groups is 2. The van der Waals surface area contributed by atoms with E-state index in [1.54, 1.807) is 42.5 Å². The number of methoxy groups -OCH3 is 1. The van der Waals surface area contributed by atoms with Crippen molar-refractivity contribution in [2.45, 2.75) is 31.1 Å². The molecule has 1 saturated carbocycles. The first-order chi connectivity index (χ1) is 15.9. The fourth-order valence-electron chi connectivity index (χ4n) is 4.36. The number of nitrogens with one attached hydrogen (secondary N) is 2. The molecule has 1 fully saturated rings. The Morgan fingerprint density at radius 1 is 0.879 bits per heavy atom. The lowest BCUT2D eigenvalue weighted by Gasteiger charge is -2.28. The maximum absolute atomic E-state index is 13.5. The summed E-state index contributed by atoms with van der Waals surface area (Å²) in [5.74, 6) is 0.0601. The van der Waals surface area contributed by atoms with E-state index in [0.717, 1.165) is 31.2 Å². The predicted molar refractivity (Wildman–Crippen MR) is 133 cm³/mol. The van der Waals surface area contributed by atoms with Gasteiger partial charge in [0.05, 0.1) is 18.2 Å². The second kappa shape index (κ2) is 9.86. The summed E-state index contributed by atoms with van der Waals surface area (Å²) < 4.78 is 5.47. The monoisotopic (exact) mass is 482 g/mol. The van der Waals surface area contributed by atoms with Crippen LogP contribution in [0.15, 0.2) is 66.7 Å². The van der Waals surface area contributed by atoms with Crippen LogP contribution >= 0.6 is 23.2 Å². The highest BCUT2D eigenvalue weighted by Crippen LogP contribution is 2.43. The van der Waals surface area contributed by atoms with Crippen LogP contribution in [-0.2, 0) is 10.2 Å². The van der Waals surface area contributed by atoms with Gasteiger partial charge in [0.1, 0.15) is 5.75 Å². The third-order valence-electron chi connectivity index (χ3n) is 6.06. The highest BCUT2D eigenvalue weighted by atomic mass is 35.5. The van der Waals surface area contributed by atoms with E-state index in [-0.39, 0.29) is 11.8 Å². The van der Waals surface area contributed by atoms with Crippen LogP contribution in [0.5, 0.6) is 5.75 Å². The minimum atomic E-state index is -0.613. The molecule has 0 heterocycles. The molecule has 0 aliphatic heterocycles. The molecule has 5 nitrogen and oxygen atoms in total. The van der Waals surface area contributed by atoms with E-state index < -0.39 is 5.41 Å². The smallest absolute Gasteiger partial charge is 0.255 e. The molecule has 0 aromatic heterocycles. The lowest BCUT2D eigenvalue weighted by molar-refractivity contribution is -0.121. The standard InChI is InChI=1S/C26H24Cl2N2O3/c1-33-23-16-21(10-11-22(23)30-24(31)17-6-4-8-19(27)14-17)29-25(32)26(12-2-3-13-26)18-7-5-9-20(28)15-18/h4-11,14-16H,2-3,12-13H2,1H3,(H,29,32)(H,30,31). The summed E-state index contributed by atoms with van der Waals surface area (Å²) >= 11 is 12.2. The SMILES string of the molecule is COc1cc(NC(=O)C2(c3cccc(Cl)c3)CCCC2)ccc1NC(=O)c1cccc(Cl)c1. The molecule has 3 aromatic rings. The van der Waals surface area contributed by atoms with Gasteiger partial charge < -0.3 is 15.4 Å². The molecule has 0 spiro atoms. The van der Waals surface area contributed by atoms with E-state index >= 15 is 0 Å². The molecule has 0 radical (unpaired) electrons. The van der Waals surface area contributed by atoms with Gasteiger partial charge in [-0.2, -0.15) is 0 Å². The number of hydrogen-bond donors (Lipinski definition) is 2. The van der Waals surface area contributed by atoms with Crippen molar-refractivity contribution in [1.29, 1.82) is 0 Å². The number of benzene rings is 3. The fourth-order valence-corrected chi connectivity index (χ4v) is 4.74. The molecule has 0 saturated heterocycles. The van der Waals surface area contributed by atoms with Crippen molar-refractivity contribution in [1.82, 2.24) is 0 Å². The maximum Gasteiger partial charge on any atom is 0.255 e. The molecular formula is C26H24Cl2N2O3. The van der Waals surface area contributed by atoms with Gasteiger partial charge >= 0.3 is 0 Å². The van der Waals surface area contributed by atoms with Gasteiger partial charge in [-0.25, -0.2) is 0 Å². The largest absolute Gasteiger partial charge is 0.494 e. The second-order valence-corrected chi connectivity index (χ2v) is 9.01. The first-order valence-corrected chi connectivity index (χ1v) is 11.5. The number of hydrogen-bond acceptors (Lipinski definition) is 3. The predicted octanol–water partition coefficient (Wildman–Crippen LogP) is 6.70. The molecule has 2 amide bonds. The van der Waals surface area contributed by atoms with Gasteiger partial charge in [0.25, 0.3) is 5.91 Å². The Labute approximate surface area is 203 Å². The lowest BCUT2D eigenvalue weighted by atomic mass is 9.78. The quantitative estimate of drug-likeness (QED) is 0.410. The van der Waals surface area contributed by atoms with Crippen LogP contribution in [0, 0.1) is 0 Å². The Morgan fingerprint density at radius 2 is 1.58 bits per heavy atom. The number of rotatable bonds is 6. The number of amides is 2. The molecule has 170 valence electrons. The van der Waals surface area contributed by atoms with Gasteiger partial charge in [-0.15, -0.1) is 0 Å². The zero-order chi connectivity index (χ0) is 23.4. The van der Waals surface area contributed by atoms with Gasteiger partial charge in [-0.05, 0) is 60.9 Å². The first-order valence-electron chi connectivity index (χ1n) is 10.7. The maximum atomic E-state index is 13.5. The molecule has 7 heteroatoms. The zero-order valence-corrected chi connectivity index (χ0v) is 19.7. The van der Waals surface area contributed by atoms with Gasteiger partial charge in [0.2, 0.25) is 5.91 Å². The van der Waals surface area contributed by atoms with Crippen LogP contribution in [0.3, 0.4) is 0 Å². The van der Waals surface area contributed by atoms with Crippen molar-refractivity contribution in [3.05, 3.63) is 87.9 Å². The third-order valence-corrected chi connectivity index (χ3v) is 6.53. The van der Waals surface area contributed by atoms with E-state index in [4.69, 9.17) is 27.9 Å². The van der Waals surface area contributed by atoms with Crippen molar-refractivity contribution < 1.29 is 14.3 Å². The average Bonchev–Trinajstić information content (AvgIpc) is 3.31. The Kier molecular flexibility index (Phi) is 6.91. The number of carbonyl (C=O) groups excluding carboxylic acids is 2. The van der Waals surface area contributed by atoms with Crippen molar-refractivity contribution in [3.63, 3.8) is 0 Å².